The van der Waals surface area contributed by atoms with Gasteiger partial charge in [0.2, 0.25) is 0 Å². The second-order valence-corrected chi connectivity index (χ2v) is 4.79. The Morgan fingerprint density at radius 3 is 2.89 bits per heavy atom. The van der Waals surface area contributed by atoms with Gasteiger partial charge in [-0.3, -0.25) is 0 Å². The van der Waals surface area contributed by atoms with Crippen LogP contribution >= 0.6 is 0 Å². The van der Waals surface area contributed by atoms with Gasteiger partial charge in [-0.25, -0.2) is 9.67 Å². The van der Waals surface area contributed by atoms with Crippen molar-refractivity contribution < 1.29 is 4.52 Å². The number of benzene rings is 1. The number of hydrogen-bond acceptors (Lipinski definition) is 4. The van der Waals surface area contributed by atoms with Crippen LogP contribution in [-0.2, 0) is 0 Å². The van der Waals surface area contributed by atoms with E-state index in [1.54, 1.807) is 17.2 Å². The van der Waals surface area contributed by atoms with Crippen molar-refractivity contribution in [1.29, 1.82) is 0 Å². The molecule has 0 aliphatic carbocycles. The number of hydrogen-bond donors (Lipinski definition) is 0. The van der Waals surface area contributed by atoms with Crippen molar-refractivity contribution in [2.45, 2.75) is 33.1 Å². The first-order chi connectivity index (χ1) is 9.20. The fourth-order valence-electron chi connectivity index (χ4n) is 2.26. The van der Waals surface area contributed by atoms with Crippen molar-refractivity contribution in [3.8, 4) is 5.69 Å². The third-order valence-corrected chi connectivity index (χ3v) is 3.53. The Kier molecular flexibility index (Phi) is 2.81. The summed E-state index contributed by atoms with van der Waals surface area (Å²) in [6, 6.07) is 4.14. The maximum atomic E-state index is 5.41. The molecule has 0 spiro atoms. The SMILES string of the molecule is CCC(C)c1ccc(-n2cnc(C)n2)c2oncc12. The highest BCUT2D eigenvalue weighted by molar-refractivity contribution is 5.87. The Balaban J connectivity index is 2.21. The van der Waals surface area contributed by atoms with Gasteiger partial charge in [0.05, 0.1) is 6.20 Å². The standard InChI is InChI=1S/C14H16N4O/c1-4-9(2)11-5-6-13(14-12(11)7-16-19-14)18-8-15-10(3)17-18/h5-9H,4H2,1-3H3. The molecule has 1 atom stereocenters. The Hall–Kier alpha value is -2.17. The van der Waals surface area contributed by atoms with E-state index < -0.39 is 0 Å². The lowest BCUT2D eigenvalue weighted by Crippen LogP contribution is -1.98. The minimum Gasteiger partial charge on any atom is -0.354 e. The van der Waals surface area contributed by atoms with Crippen LogP contribution in [0.15, 0.2) is 29.2 Å². The van der Waals surface area contributed by atoms with E-state index in [2.05, 4.69) is 35.2 Å². The molecule has 0 bridgehead atoms. The summed E-state index contributed by atoms with van der Waals surface area (Å²) < 4.78 is 7.13. The lowest BCUT2D eigenvalue weighted by Gasteiger charge is -2.11. The molecule has 1 unspecified atom stereocenters. The predicted octanol–water partition coefficient (Wildman–Crippen LogP) is 3.23. The van der Waals surface area contributed by atoms with Crippen LogP contribution in [0.2, 0.25) is 0 Å². The lowest BCUT2D eigenvalue weighted by molar-refractivity contribution is 0.454. The molecule has 2 heterocycles. The third kappa shape index (κ3) is 1.91. The minimum atomic E-state index is 0.480. The maximum absolute atomic E-state index is 5.41. The van der Waals surface area contributed by atoms with E-state index in [1.165, 1.54) is 5.56 Å². The van der Waals surface area contributed by atoms with Gasteiger partial charge in [-0.15, -0.1) is 0 Å². The molecule has 0 radical (unpaired) electrons. The normalized spacial score (nSPS) is 13.0. The Morgan fingerprint density at radius 1 is 1.37 bits per heavy atom. The van der Waals surface area contributed by atoms with Crippen LogP contribution in [-0.4, -0.2) is 19.9 Å². The average molecular weight is 256 g/mol. The van der Waals surface area contributed by atoms with Crippen molar-refractivity contribution in [2.75, 3.05) is 0 Å². The van der Waals surface area contributed by atoms with Crippen LogP contribution < -0.4 is 0 Å². The zero-order valence-electron chi connectivity index (χ0n) is 11.3. The molecular weight excluding hydrogens is 240 g/mol. The molecule has 19 heavy (non-hydrogen) atoms. The third-order valence-electron chi connectivity index (χ3n) is 3.53. The quantitative estimate of drug-likeness (QED) is 0.722. The Labute approximate surface area is 111 Å². The smallest absolute Gasteiger partial charge is 0.192 e. The number of aryl methyl sites for hydroxylation is 1. The van der Waals surface area contributed by atoms with E-state index in [0.29, 0.717) is 5.92 Å². The van der Waals surface area contributed by atoms with Crippen molar-refractivity contribution >= 4 is 11.0 Å². The van der Waals surface area contributed by atoms with Gasteiger partial charge in [0.25, 0.3) is 0 Å². The van der Waals surface area contributed by atoms with Crippen LogP contribution in [0.25, 0.3) is 16.7 Å². The van der Waals surface area contributed by atoms with Gasteiger partial charge in [0, 0.05) is 5.39 Å². The molecule has 98 valence electrons. The van der Waals surface area contributed by atoms with Gasteiger partial charge >= 0.3 is 0 Å². The van der Waals surface area contributed by atoms with Gasteiger partial charge in [-0.2, -0.15) is 5.10 Å². The summed E-state index contributed by atoms with van der Waals surface area (Å²) in [5, 5.41) is 9.31. The molecule has 0 saturated heterocycles. The van der Waals surface area contributed by atoms with Crippen LogP contribution in [0, 0.1) is 6.92 Å². The molecule has 5 heteroatoms. The van der Waals surface area contributed by atoms with E-state index in [0.717, 1.165) is 28.9 Å². The predicted molar refractivity (Wildman–Crippen MR) is 72.4 cm³/mol. The molecular formula is C14H16N4O. The molecule has 2 aromatic heterocycles. The summed E-state index contributed by atoms with van der Waals surface area (Å²) in [5.74, 6) is 1.21. The monoisotopic (exact) mass is 256 g/mol. The van der Waals surface area contributed by atoms with Crippen molar-refractivity contribution in [3.63, 3.8) is 0 Å². The molecule has 3 aromatic rings. The first-order valence-electron chi connectivity index (χ1n) is 6.46. The highest BCUT2D eigenvalue weighted by Crippen LogP contribution is 2.31. The topological polar surface area (TPSA) is 56.7 Å². The van der Waals surface area contributed by atoms with Gasteiger partial charge in [-0.05, 0) is 30.9 Å². The van der Waals surface area contributed by atoms with Crippen LogP contribution in [0.5, 0.6) is 0 Å². The summed E-state index contributed by atoms with van der Waals surface area (Å²) >= 11 is 0. The average Bonchev–Trinajstić information content (AvgIpc) is 3.05. The second kappa shape index (κ2) is 4.50. The van der Waals surface area contributed by atoms with E-state index in [-0.39, 0.29) is 0 Å². The first kappa shape index (κ1) is 11.9. The Bertz CT molecular complexity index is 713. The van der Waals surface area contributed by atoms with Crippen molar-refractivity contribution in [2.24, 2.45) is 0 Å². The Morgan fingerprint density at radius 2 is 2.21 bits per heavy atom. The van der Waals surface area contributed by atoms with Gasteiger partial charge < -0.3 is 4.52 Å². The summed E-state index contributed by atoms with van der Waals surface area (Å²) in [7, 11) is 0. The molecule has 0 amide bonds. The molecule has 0 fully saturated rings. The molecule has 5 nitrogen and oxygen atoms in total. The largest absolute Gasteiger partial charge is 0.354 e. The van der Waals surface area contributed by atoms with E-state index >= 15 is 0 Å². The highest BCUT2D eigenvalue weighted by atomic mass is 16.5. The second-order valence-electron chi connectivity index (χ2n) is 4.79. The zero-order valence-corrected chi connectivity index (χ0v) is 11.3. The molecule has 0 N–H and O–H groups in total. The summed E-state index contributed by atoms with van der Waals surface area (Å²) in [6.45, 7) is 6.25. The van der Waals surface area contributed by atoms with E-state index in [4.69, 9.17) is 4.52 Å². The number of fused-ring (bicyclic) bond motifs is 1. The molecule has 0 aliphatic heterocycles. The van der Waals surface area contributed by atoms with Crippen LogP contribution in [0.3, 0.4) is 0 Å². The van der Waals surface area contributed by atoms with Gasteiger partial charge in [0.15, 0.2) is 5.58 Å². The van der Waals surface area contributed by atoms with E-state index in [1.807, 2.05) is 13.0 Å². The highest BCUT2D eigenvalue weighted by Gasteiger charge is 2.15. The van der Waals surface area contributed by atoms with Gasteiger partial charge in [-0.1, -0.05) is 25.1 Å². The fourth-order valence-corrected chi connectivity index (χ4v) is 2.26. The molecule has 3 rings (SSSR count). The summed E-state index contributed by atoms with van der Waals surface area (Å²) in [6.07, 6.45) is 4.56. The summed E-state index contributed by atoms with van der Waals surface area (Å²) in [4.78, 5) is 4.15. The summed E-state index contributed by atoms with van der Waals surface area (Å²) in [5.41, 5.74) is 2.90. The number of nitrogens with zero attached hydrogens (tertiary/aromatic N) is 4. The fraction of sp³-hybridized carbons (Fsp3) is 0.357. The first-order valence-corrected chi connectivity index (χ1v) is 6.46. The molecule has 0 saturated carbocycles. The molecule has 1 aromatic carbocycles. The molecule has 0 aliphatic rings. The minimum absolute atomic E-state index is 0.480. The van der Waals surface area contributed by atoms with Crippen LogP contribution in [0.1, 0.15) is 37.6 Å². The zero-order chi connectivity index (χ0) is 13.4. The number of rotatable bonds is 3. The number of aromatic nitrogens is 4. The van der Waals surface area contributed by atoms with Crippen LogP contribution in [0.4, 0.5) is 0 Å². The lowest BCUT2D eigenvalue weighted by atomic mass is 9.95. The van der Waals surface area contributed by atoms with Crippen molar-refractivity contribution in [1.82, 2.24) is 19.9 Å². The van der Waals surface area contributed by atoms with Gasteiger partial charge in [0.1, 0.15) is 17.8 Å². The van der Waals surface area contributed by atoms with E-state index in [9.17, 15) is 0 Å². The maximum Gasteiger partial charge on any atom is 0.192 e. The van der Waals surface area contributed by atoms with Crippen molar-refractivity contribution in [3.05, 3.63) is 36.0 Å².